The predicted molar refractivity (Wildman–Crippen MR) is 171 cm³/mol. The molecule has 3 aromatic rings. The van der Waals surface area contributed by atoms with Crippen LogP contribution in [0.4, 0.5) is 11.5 Å². The third-order valence-corrected chi connectivity index (χ3v) is 8.57. The number of ether oxygens (including phenoxy) is 2. The third-order valence-electron chi connectivity index (χ3n) is 8.57. The summed E-state index contributed by atoms with van der Waals surface area (Å²) in [7, 11) is 1.62. The number of nitriles is 1. The molecule has 10 nitrogen and oxygen atoms in total. The Morgan fingerprint density at radius 1 is 1.07 bits per heavy atom. The summed E-state index contributed by atoms with van der Waals surface area (Å²) in [4.78, 5) is 38.3. The van der Waals surface area contributed by atoms with Crippen LogP contribution in [-0.2, 0) is 4.79 Å². The normalized spacial score (nSPS) is 15.8. The average molecular weight is 612 g/mol. The molecule has 0 bridgehead atoms. The number of rotatable bonds is 13. The monoisotopic (exact) mass is 611 g/mol. The van der Waals surface area contributed by atoms with Crippen LogP contribution in [0.1, 0.15) is 73.4 Å². The molecule has 1 N–H and O–H groups in total. The Labute approximate surface area is 264 Å². The second-order valence-corrected chi connectivity index (χ2v) is 12.4. The van der Waals surface area contributed by atoms with Crippen molar-refractivity contribution in [3.8, 4) is 17.7 Å². The number of hydrogen-bond donors (Lipinski definition) is 1. The molecule has 1 aliphatic heterocycles. The Balaban J connectivity index is 1.27. The second kappa shape index (κ2) is 14.4. The number of carbonyl (C=O) groups excluding carboxylic acids is 1. The Hall–Kier alpha value is -4.65. The molecule has 236 valence electrons. The Morgan fingerprint density at radius 2 is 1.82 bits per heavy atom. The number of aliphatic carboxylic acids is 1. The van der Waals surface area contributed by atoms with Crippen molar-refractivity contribution in [3.05, 3.63) is 71.5 Å². The topological polar surface area (TPSA) is 129 Å². The van der Waals surface area contributed by atoms with E-state index >= 15 is 0 Å². The largest absolute Gasteiger partial charge is 0.497 e. The molecule has 1 aromatic carbocycles. The number of methoxy groups -OCH3 is 1. The highest BCUT2D eigenvalue weighted by atomic mass is 16.5. The van der Waals surface area contributed by atoms with Gasteiger partial charge in [0.1, 0.15) is 11.6 Å². The van der Waals surface area contributed by atoms with Crippen molar-refractivity contribution < 1.29 is 24.2 Å². The number of aromatic nitrogens is 2. The SMILES string of the molecule is COc1ccc(C(=O)N(CC(C)C)c2cc(C#N)ccn2)c(N2CCC(COc3cc(C(CC(=O)O)C4CC4)ccn3)CC2)c1. The van der Waals surface area contributed by atoms with Gasteiger partial charge in [-0.3, -0.25) is 14.5 Å². The van der Waals surface area contributed by atoms with Crippen molar-refractivity contribution in [2.75, 3.05) is 43.2 Å². The van der Waals surface area contributed by atoms with E-state index in [2.05, 4.69) is 20.9 Å². The van der Waals surface area contributed by atoms with Crippen LogP contribution >= 0.6 is 0 Å². The lowest BCUT2D eigenvalue weighted by molar-refractivity contribution is -0.137. The van der Waals surface area contributed by atoms with E-state index in [1.807, 2.05) is 38.1 Å². The molecule has 1 atom stereocenters. The number of anilines is 2. The van der Waals surface area contributed by atoms with Gasteiger partial charge >= 0.3 is 5.97 Å². The van der Waals surface area contributed by atoms with E-state index in [9.17, 15) is 20.0 Å². The van der Waals surface area contributed by atoms with E-state index < -0.39 is 5.97 Å². The summed E-state index contributed by atoms with van der Waals surface area (Å²) in [6.45, 7) is 6.54. The van der Waals surface area contributed by atoms with Crippen LogP contribution in [0.5, 0.6) is 11.6 Å². The van der Waals surface area contributed by atoms with Gasteiger partial charge in [-0.1, -0.05) is 13.8 Å². The third kappa shape index (κ3) is 8.09. The molecular formula is C35H41N5O5. The number of hydrogen-bond acceptors (Lipinski definition) is 8. The number of carbonyl (C=O) groups is 2. The molecule has 1 amide bonds. The first-order chi connectivity index (χ1) is 21.7. The van der Waals surface area contributed by atoms with Gasteiger partial charge in [0.25, 0.3) is 5.91 Å². The molecule has 2 aliphatic rings. The molecule has 3 heterocycles. The lowest BCUT2D eigenvalue weighted by Crippen LogP contribution is -2.39. The minimum absolute atomic E-state index is 0.00149. The zero-order valence-corrected chi connectivity index (χ0v) is 26.2. The van der Waals surface area contributed by atoms with Gasteiger partial charge in [-0.05, 0) is 85.3 Å². The molecular weight excluding hydrogens is 570 g/mol. The van der Waals surface area contributed by atoms with Crippen LogP contribution in [0.25, 0.3) is 0 Å². The summed E-state index contributed by atoms with van der Waals surface area (Å²) in [6.07, 6.45) is 7.27. The van der Waals surface area contributed by atoms with Crippen LogP contribution < -0.4 is 19.3 Å². The van der Waals surface area contributed by atoms with Crippen LogP contribution in [0.3, 0.4) is 0 Å². The maximum atomic E-state index is 14.1. The van der Waals surface area contributed by atoms with Gasteiger partial charge in [0.2, 0.25) is 5.88 Å². The van der Waals surface area contributed by atoms with Crippen molar-refractivity contribution >= 4 is 23.4 Å². The highest BCUT2D eigenvalue weighted by Gasteiger charge is 2.34. The molecule has 45 heavy (non-hydrogen) atoms. The fourth-order valence-corrected chi connectivity index (χ4v) is 6.03. The smallest absolute Gasteiger partial charge is 0.303 e. The number of pyridine rings is 2. The Kier molecular flexibility index (Phi) is 10.2. The molecule has 1 unspecified atom stereocenters. The number of amides is 1. The quantitative estimate of drug-likeness (QED) is 0.250. The molecule has 0 radical (unpaired) electrons. The van der Waals surface area contributed by atoms with E-state index in [1.54, 1.807) is 42.6 Å². The van der Waals surface area contributed by atoms with E-state index in [1.165, 1.54) is 0 Å². The number of piperidine rings is 1. The maximum absolute atomic E-state index is 14.1. The number of carboxylic acid groups (broad SMARTS) is 1. The van der Waals surface area contributed by atoms with E-state index in [0.29, 0.717) is 53.6 Å². The summed E-state index contributed by atoms with van der Waals surface area (Å²) in [5.74, 6) is 1.62. The number of nitrogens with zero attached hydrogens (tertiary/aromatic N) is 5. The van der Waals surface area contributed by atoms with Crippen LogP contribution in [0, 0.1) is 29.1 Å². The number of carboxylic acids is 1. The fourth-order valence-electron chi connectivity index (χ4n) is 6.03. The lowest BCUT2D eigenvalue weighted by atomic mass is 9.92. The molecule has 10 heteroatoms. The van der Waals surface area contributed by atoms with Crippen molar-refractivity contribution in [2.45, 2.75) is 51.9 Å². The van der Waals surface area contributed by atoms with Crippen LogP contribution in [-0.4, -0.2) is 60.3 Å². The van der Waals surface area contributed by atoms with Crippen LogP contribution in [0.2, 0.25) is 0 Å². The first kappa shape index (κ1) is 31.8. The van der Waals surface area contributed by atoms with Crippen molar-refractivity contribution in [1.29, 1.82) is 5.26 Å². The molecule has 1 saturated carbocycles. The molecule has 2 aromatic heterocycles. The molecule has 0 spiro atoms. The van der Waals surface area contributed by atoms with Gasteiger partial charge in [-0.15, -0.1) is 0 Å². The predicted octanol–water partition coefficient (Wildman–Crippen LogP) is 5.92. The van der Waals surface area contributed by atoms with Crippen LogP contribution in [0.15, 0.2) is 54.9 Å². The summed E-state index contributed by atoms with van der Waals surface area (Å²) < 4.78 is 11.7. The zero-order chi connectivity index (χ0) is 31.9. The number of benzene rings is 1. The van der Waals surface area contributed by atoms with Crippen molar-refractivity contribution in [2.24, 2.45) is 17.8 Å². The second-order valence-electron chi connectivity index (χ2n) is 12.4. The standard InChI is InChI=1S/C35H41N5O5/c1-23(2)21-40(32-16-25(20-36)8-12-37-32)35(43)29-7-6-28(44-3)18-31(29)39-14-10-24(11-15-39)22-45-33-17-27(9-13-38-33)30(19-34(41)42)26-4-5-26/h6-9,12-13,16-18,23-24,26,30H,4-5,10-11,14-15,19,21-22H2,1-3H3,(H,41,42). The minimum atomic E-state index is -0.781. The first-order valence-electron chi connectivity index (χ1n) is 15.7. The summed E-state index contributed by atoms with van der Waals surface area (Å²) >= 11 is 0. The van der Waals surface area contributed by atoms with Gasteiger partial charge in [-0.25, -0.2) is 9.97 Å². The van der Waals surface area contributed by atoms with Gasteiger partial charge in [-0.2, -0.15) is 5.26 Å². The van der Waals surface area contributed by atoms with E-state index in [0.717, 1.165) is 50.0 Å². The summed E-state index contributed by atoms with van der Waals surface area (Å²) in [5.41, 5.74) is 2.80. The van der Waals surface area contributed by atoms with Gasteiger partial charge < -0.3 is 19.5 Å². The zero-order valence-electron chi connectivity index (χ0n) is 26.2. The Bertz CT molecular complexity index is 1540. The maximum Gasteiger partial charge on any atom is 0.303 e. The summed E-state index contributed by atoms with van der Waals surface area (Å²) in [5, 5.41) is 18.8. The lowest BCUT2D eigenvalue weighted by Gasteiger charge is -2.35. The van der Waals surface area contributed by atoms with Crippen molar-refractivity contribution in [3.63, 3.8) is 0 Å². The van der Waals surface area contributed by atoms with Gasteiger partial charge in [0.05, 0.1) is 43.0 Å². The summed E-state index contributed by atoms with van der Waals surface area (Å²) in [6, 6.07) is 14.8. The molecule has 5 rings (SSSR count). The van der Waals surface area contributed by atoms with Gasteiger partial charge in [0, 0.05) is 44.2 Å². The molecule has 1 saturated heterocycles. The highest BCUT2D eigenvalue weighted by molar-refractivity contribution is 6.09. The molecule has 1 aliphatic carbocycles. The van der Waals surface area contributed by atoms with Crippen molar-refractivity contribution in [1.82, 2.24) is 9.97 Å². The highest BCUT2D eigenvalue weighted by Crippen LogP contribution is 2.45. The van der Waals surface area contributed by atoms with E-state index in [-0.39, 0.29) is 24.2 Å². The van der Waals surface area contributed by atoms with Gasteiger partial charge in [0.15, 0.2) is 0 Å². The molecule has 2 fully saturated rings. The fraction of sp³-hybridized carbons (Fsp3) is 0.457. The first-order valence-corrected chi connectivity index (χ1v) is 15.7. The van der Waals surface area contributed by atoms with E-state index in [4.69, 9.17) is 9.47 Å². The Morgan fingerprint density at radius 3 is 2.49 bits per heavy atom. The average Bonchev–Trinajstić information content (AvgIpc) is 3.90. The minimum Gasteiger partial charge on any atom is -0.497 e.